The molecule has 0 aromatic carbocycles. The molecule has 1 aromatic heterocycles. The van der Waals surface area contributed by atoms with Gasteiger partial charge in [0.15, 0.2) is 4.88 Å². The zero-order valence-corrected chi connectivity index (χ0v) is 10.7. The van der Waals surface area contributed by atoms with Crippen molar-refractivity contribution in [2.75, 3.05) is 0 Å². The summed E-state index contributed by atoms with van der Waals surface area (Å²) in [5.41, 5.74) is 1.27. The molecule has 0 saturated carbocycles. The van der Waals surface area contributed by atoms with Gasteiger partial charge in [-0.05, 0) is 19.8 Å². The van der Waals surface area contributed by atoms with Gasteiger partial charge < -0.3 is 0 Å². The van der Waals surface area contributed by atoms with E-state index in [-0.39, 0.29) is 0 Å². The van der Waals surface area contributed by atoms with E-state index in [4.69, 9.17) is 0 Å². The fourth-order valence-corrected chi connectivity index (χ4v) is 3.93. The molecule has 0 N–H and O–H groups in total. The number of hydrogen-bond acceptors (Lipinski definition) is 1. The molecule has 1 atom stereocenters. The summed E-state index contributed by atoms with van der Waals surface area (Å²) in [5, 5.41) is 1.36. The second-order valence-electron chi connectivity index (χ2n) is 3.93. The number of nitrogens with zero attached hydrogens (tertiary/aromatic N) is 1. The highest BCUT2D eigenvalue weighted by atomic mass is 32.2. The molecule has 0 radical (unpaired) electrons. The smallest absolute Gasteiger partial charge is 0.202 e. The van der Waals surface area contributed by atoms with Crippen molar-refractivity contribution in [2.24, 2.45) is 0 Å². The van der Waals surface area contributed by atoms with E-state index < -0.39 is 0 Å². The lowest BCUT2D eigenvalue weighted by Gasteiger charge is -1.94. The van der Waals surface area contributed by atoms with Gasteiger partial charge in [-0.1, -0.05) is 19.8 Å². The van der Waals surface area contributed by atoms with Crippen molar-refractivity contribution in [2.45, 2.75) is 59.1 Å². The molecule has 14 heavy (non-hydrogen) atoms. The number of rotatable bonds is 5. The van der Waals surface area contributed by atoms with E-state index in [1.807, 2.05) is 0 Å². The summed E-state index contributed by atoms with van der Waals surface area (Å²) < 4.78 is 0. The van der Waals surface area contributed by atoms with Gasteiger partial charge in [0, 0.05) is 24.3 Å². The van der Waals surface area contributed by atoms with Crippen LogP contribution in [0.1, 0.15) is 48.2 Å². The Morgan fingerprint density at radius 2 is 1.79 bits per heavy atom. The Bertz CT molecular complexity index is 289. The molecule has 80 valence electrons. The molecule has 1 rings (SSSR count). The Hall–Kier alpha value is -0.370. The van der Waals surface area contributed by atoms with Crippen molar-refractivity contribution in [3.8, 4) is 0 Å². The summed E-state index contributed by atoms with van der Waals surface area (Å²) in [4.78, 5) is 6.09. The first-order valence-electron chi connectivity index (χ1n) is 5.60. The molecule has 0 aliphatic rings. The Balaban J connectivity index is 2.49. The summed E-state index contributed by atoms with van der Waals surface area (Å²) >= 11 is 0. The van der Waals surface area contributed by atoms with Crippen molar-refractivity contribution in [1.29, 1.82) is 0 Å². The molecule has 0 fully saturated rings. The SMILES string of the molecule is CCCCCC[s+]1c(C)nc(C)c1C. The Morgan fingerprint density at radius 1 is 1.07 bits per heavy atom. The molecule has 1 nitrogen and oxygen atoms in total. The van der Waals surface area contributed by atoms with Gasteiger partial charge in [0.05, 0.1) is 5.69 Å². The van der Waals surface area contributed by atoms with Crippen LogP contribution in [0.4, 0.5) is 0 Å². The Kier molecular flexibility index (Phi) is 4.59. The molecule has 1 aromatic rings. The first-order chi connectivity index (χ1) is 6.66. The molecule has 1 unspecified atom stereocenters. The van der Waals surface area contributed by atoms with E-state index in [2.05, 4.69) is 32.7 Å². The number of aromatic nitrogens is 1. The third-order valence-corrected chi connectivity index (χ3v) is 5.30. The highest BCUT2D eigenvalue weighted by molar-refractivity contribution is 7.30. The third-order valence-electron chi connectivity index (χ3n) is 2.76. The monoisotopic (exact) mass is 212 g/mol. The minimum absolute atomic E-state index is 0.379. The molecule has 0 spiro atoms. The van der Waals surface area contributed by atoms with E-state index >= 15 is 0 Å². The van der Waals surface area contributed by atoms with Gasteiger partial charge in [-0.2, -0.15) is 0 Å². The first kappa shape index (κ1) is 11.7. The average Bonchev–Trinajstić information content (AvgIpc) is 2.38. The normalized spacial score (nSPS) is 12.1. The predicted molar refractivity (Wildman–Crippen MR) is 65.1 cm³/mol. The minimum Gasteiger partial charge on any atom is -0.202 e. The topological polar surface area (TPSA) is 12.9 Å². The van der Waals surface area contributed by atoms with Crippen LogP contribution in [0.5, 0.6) is 0 Å². The standard InChI is InChI=1S/C12H22NS/c1-5-6-7-8-9-14-11(3)10(2)13-12(14)4/h5-9H2,1-4H3/q+1. The van der Waals surface area contributed by atoms with E-state index in [1.165, 1.54) is 47.0 Å². The van der Waals surface area contributed by atoms with Gasteiger partial charge in [-0.25, -0.2) is 4.98 Å². The van der Waals surface area contributed by atoms with E-state index in [1.54, 1.807) is 0 Å². The molecule has 1 heterocycles. The van der Waals surface area contributed by atoms with Crippen LogP contribution in [0.3, 0.4) is 0 Å². The van der Waals surface area contributed by atoms with Crippen molar-refractivity contribution in [1.82, 2.24) is 4.98 Å². The lowest BCUT2D eigenvalue weighted by Crippen LogP contribution is -1.80. The molecule has 0 aliphatic carbocycles. The van der Waals surface area contributed by atoms with Crippen LogP contribution in [0.15, 0.2) is 0 Å². The van der Waals surface area contributed by atoms with Gasteiger partial charge in [-0.15, -0.1) is 0 Å². The van der Waals surface area contributed by atoms with Crippen LogP contribution in [-0.2, 0) is 5.75 Å². The van der Waals surface area contributed by atoms with Crippen molar-refractivity contribution in [3.05, 3.63) is 15.6 Å². The lowest BCUT2D eigenvalue weighted by atomic mass is 10.2. The molecule has 2 heteroatoms. The van der Waals surface area contributed by atoms with E-state index in [0.717, 1.165) is 0 Å². The summed E-state index contributed by atoms with van der Waals surface area (Å²) in [6.07, 6.45) is 5.47. The molecular formula is C12H22NS+. The van der Waals surface area contributed by atoms with Crippen LogP contribution >= 0.6 is 10.5 Å². The fraction of sp³-hybridized carbons (Fsp3) is 0.750. The highest BCUT2D eigenvalue weighted by Gasteiger charge is 2.18. The van der Waals surface area contributed by atoms with Crippen molar-refractivity contribution >= 4 is 10.5 Å². The van der Waals surface area contributed by atoms with Gasteiger partial charge >= 0.3 is 0 Å². The average molecular weight is 212 g/mol. The fourth-order valence-electron chi connectivity index (χ4n) is 1.74. The molecule has 0 aliphatic heterocycles. The summed E-state index contributed by atoms with van der Waals surface area (Å²) in [6, 6.07) is 0. The van der Waals surface area contributed by atoms with Crippen molar-refractivity contribution in [3.63, 3.8) is 0 Å². The summed E-state index contributed by atoms with van der Waals surface area (Å²) in [7, 11) is 0.379. The Labute approximate surface area is 90.5 Å². The lowest BCUT2D eigenvalue weighted by molar-refractivity contribution is 0.689. The van der Waals surface area contributed by atoms with Crippen LogP contribution in [0, 0.1) is 20.8 Å². The number of thiazole rings is 1. The van der Waals surface area contributed by atoms with Crippen LogP contribution < -0.4 is 0 Å². The highest BCUT2D eigenvalue weighted by Crippen LogP contribution is 2.32. The number of unbranched alkanes of at least 4 members (excludes halogenated alkanes) is 3. The minimum atomic E-state index is 0.379. The van der Waals surface area contributed by atoms with Crippen LogP contribution in [0.25, 0.3) is 0 Å². The maximum absolute atomic E-state index is 4.56. The zero-order chi connectivity index (χ0) is 10.6. The molecule has 0 saturated heterocycles. The van der Waals surface area contributed by atoms with Gasteiger partial charge in [-0.3, -0.25) is 0 Å². The Morgan fingerprint density at radius 3 is 2.29 bits per heavy atom. The largest absolute Gasteiger partial charge is 0.239 e. The third kappa shape index (κ3) is 2.81. The summed E-state index contributed by atoms with van der Waals surface area (Å²) in [6.45, 7) is 8.83. The van der Waals surface area contributed by atoms with E-state index in [9.17, 15) is 0 Å². The number of hydrogen-bond donors (Lipinski definition) is 0. The second-order valence-corrected chi connectivity index (χ2v) is 6.32. The molecule has 0 amide bonds. The summed E-state index contributed by atoms with van der Waals surface area (Å²) in [5.74, 6) is 1.33. The van der Waals surface area contributed by atoms with E-state index in [0.29, 0.717) is 10.5 Å². The van der Waals surface area contributed by atoms with Crippen molar-refractivity contribution < 1.29 is 0 Å². The molecular weight excluding hydrogens is 190 g/mol. The number of aryl methyl sites for hydroxylation is 2. The quantitative estimate of drug-likeness (QED) is 0.523. The van der Waals surface area contributed by atoms with Gasteiger partial charge in [0.2, 0.25) is 5.01 Å². The zero-order valence-electron chi connectivity index (χ0n) is 9.89. The van der Waals surface area contributed by atoms with Gasteiger partial charge in [0.25, 0.3) is 0 Å². The van der Waals surface area contributed by atoms with Crippen LogP contribution in [-0.4, -0.2) is 4.98 Å². The van der Waals surface area contributed by atoms with Gasteiger partial charge in [0.1, 0.15) is 5.75 Å². The maximum Gasteiger partial charge on any atom is 0.239 e. The maximum atomic E-state index is 4.56. The first-order valence-corrected chi connectivity index (χ1v) is 7.00. The van der Waals surface area contributed by atoms with Crippen LogP contribution in [0.2, 0.25) is 0 Å². The molecule has 0 bridgehead atoms. The predicted octanol–water partition coefficient (Wildman–Crippen LogP) is 4.34. The second kappa shape index (κ2) is 5.50.